The molecule has 0 amide bonds. The smallest absolute Gasteiger partial charge is 0.343 e. The third-order valence-electron chi connectivity index (χ3n) is 10.9. The van der Waals surface area contributed by atoms with E-state index in [1.165, 1.54) is 99.9 Å². The molecule has 6 aromatic rings. The monoisotopic (exact) mass is 878 g/mol. The van der Waals surface area contributed by atoms with Gasteiger partial charge >= 0.3 is 23.9 Å². The van der Waals surface area contributed by atoms with Crippen LogP contribution in [0.4, 0.5) is 0 Å². The van der Waals surface area contributed by atoms with Crippen LogP contribution in [0.3, 0.4) is 0 Å². The van der Waals surface area contributed by atoms with Gasteiger partial charge in [-0.05, 0) is 151 Å². The summed E-state index contributed by atoms with van der Waals surface area (Å²) in [5.41, 5.74) is 1.94. The van der Waals surface area contributed by atoms with Crippen molar-refractivity contribution in [3.05, 3.63) is 155 Å². The first kappa shape index (κ1) is 47.5. The van der Waals surface area contributed by atoms with Gasteiger partial charge < -0.3 is 28.4 Å². The fourth-order valence-electron chi connectivity index (χ4n) is 7.10. The van der Waals surface area contributed by atoms with Crippen molar-refractivity contribution in [3.8, 4) is 34.5 Å². The van der Waals surface area contributed by atoms with E-state index >= 15 is 0 Å². The van der Waals surface area contributed by atoms with Crippen LogP contribution in [-0.2, 0) is 0 Å². The first-order valence-corrected chi connectivity index (χ1v) is 22.8. The Labute approximate surface area is 381 Å². The van der Waals surface area contributed by atoms with Gasteiger partial charge in [0.25, 0.3) is 0 Å². The van der Waals surface area contributed by atoms with Crippen molar-refractivity contribution in [1.82, 2.24) is 0 Å². The summed E-state index contributed by atoms with van der Waals surface area (Å²) in [6, 6.07) is 34.7. The quantitative estimate of drug-likeness (QED) is 0.0330. The van der Waals surface area contributed by atoms with Gasteiger partial charge in [0, 0.05) is 0 Å². The van der Waals surface area contributed by atoms with Crippen LogP contribution in [0.15, 0.2) is 127 Å². The summed E-state index contributed by atoms with van der Waals surface area (Å²) >= 11 is 0. The Kier molecular flexibility index (Phi) is 18.1. The van der Waals surface area contributed by atoms with Crippen molar-refractivity contribution in [2.24, 2.45) is 0 Å². The number of aryl methyl sites for hydroxylation is 1. The molecular weight excluding hydrogens is 821 g/mol. The maximum atomic E-state index is 13.2. The molecule has 0 aliphatic rings. The normalized spacial score (nSPS) is 10.9. The highest BCUT2D eigenvalue weighted by molar-refractivity contribution is 5.96. The minimum atomic E-state index is -0.602. The molecule has 0 radical (unpaired) electrons. The van der Waals surface area contributed by atoms with Gasteiger partial charge in [-0.3, -0.25) is 0 Å². The molecule has 0 bridgehead atoms. The SMILES string of the molecule is CCCCCCCCOc1ccc(C(=O)Oc2ccc(C(=O)Oc3ccc4ccc(OC(=O)c5ccc(OC(=O)c6ccc(OCCCCCCCC)cc6)cc5)c(C)c4c3)cc2)cc1. The lowest BCUT2D eigenvalue weighted by atomic mass is 10.0. The number of unbranched alkanes of at least 4 members (excludes halogenated alkanes) is 10. The summed E-state index contributed by atoms with van der Waals surface area (Å²) in [5.74, 6) is 0.324. The van der Waals surface area contributed by atoms with Crippen LogP contribution < -0.4 is 28.4 Å². The van der Waals surface area contributed by atoms with E-state index in [0.717, 1.165) is 36.5 Å². The molecule has 338 valence electrons. The predicted molar refractivity (Wildman–Crippen MR) is 252 cm³/mol. The number of carbonyl (C=O) groups excluding carboxylic acids is 4. The highest BCUT2D eigenvalue weighted by atomic mass is 16.5. The largest absolute Gasteiger partial charge is 0.494 e. The van der Waals surface area contributed by atoms with E-state index < -0.39 is 23.9 Å². The maximum Gasteiger partial charge on any atom is 0.343 e. The molecule has 65 heavy (non-hydrogen) atoms. The van der Waals surface area contributed by atoms with Gasteiger partial charge in [-0.25, -0.2) is 19.2 Å². The number of carbonyl (C=O) groups is 4. The Balaban J connectivity index is 0.966. The van der Waals surface area contributed by atoms with Crippen molar-refractivity contribution >= 4 is 34.6 Å². The van der Waals surface area contributed by atoms with Gasteiger partial charge in [0.2, 0.25) is 0 Å². The van der Waals surface area contributed by atoms with E-state index in [0.29, 0.717) is 52.9 Å². The van der Waals surface area contributed by atoms with Crippen LogP contribution in [0.2, 0.25) is 0 Å². The molecule has 10 heteroatoms. The molecule has 0 aromatic heterocycles. The van der Waals surface area contributed by atoms with Crippen LogP contribution in [0.25, 0.3) is 10.8 Å². The molecular formula is C55H58O10. The van der Waals surface area contributed by atoms with Crippen LogP contribution in [0, 0.1) is 6.92 Å². The highest BCUT2D eigenvalue weighted by Crippen LogP contribution is 2.31. The van der Waals surface area contributed by atoms with E-state index in [1.807, 2.05) is 19.1 Å². The summed E-state index contributed by atoms with van der Waals surface area (Å²) < 4.78 is 34.2. The number of hydrogen-bond donors (Lipinski definition) is 0. The molecule has 6 rings (SSSR count). The van der Waals surface area contributed by atoms with Gasteiger partial charge in [-0.15, -0.1) is 0 Å². The Morgan fingerprint density at radius 2 is 0.708 bits per heavy atom. The zero-order valence-corrected chi connectivity index (χ0v) is 37.6. The standard InChI is InChI=1S/C55H58O10/c1-4-6-8-10-12-14-36-60-45-26-17-41(18-27-45)52(56)62-47-30-21-43(22-31-47)54(58)64-49-34-16-40-25-35-51(39(3)50(40)38-49)65-55(59)44-23-32-48(33-24-44)63-53(57)42-19-28-46(29-20-42)61-37-15-13-11-9-7-5-2/h16-35,38H,4-15,36-37H2,1-3H3. The first-order chi connectivity index (χ1) is 31.7. The molecule has 0 fully saturated rings. The Hall–Kier alpha value is -6.94. The van der Waals surface area contributed by atoms with E-state index in [2.05, 4.69) is 13.8 Å². The molecule has 0 heterocycles. The number of rotatable bonds is 24. The zero-order valence-electron chi connectivity index (χ0n) is 37.6. The van der Waals surface area contributed by atoms with Crippen molar-refractivity contribution in [2.45, 2.75) is 97.8 Å². The summed E-state index contributed by atoms with van der Waals surface area (Å²) in [5, 5.41) is 1.57. The first-order valence-electron chi connectivity index (χ1n) is 22.8. The molecule has 0 aliphatic carbocycles. The summed E-state index contributed by atoms with van der Waals surface area (Å²) in [6.45, 7) is 7.49. The Bertz CT molecular complexity index is 2470. The molecule has 0 atom stereocenters. The third kappa shape index (κ3) is 14.5. The fraction of sp³-hybridized carbons (Fsp3) is 0.309. The zero-order chi connectivity index (χ0) is 45.8. The number of hydrogen-bond acceptors (Lipinski definition) is 10. The maximum absolute atomic E-state index is 13.2. The average molecular weight is 879 g/mol. The van der Waals surface area contributed by atoms with E-state index in [1.54, 1.807) is 66.7 Å². The lowest BCUT2D eigenvalue weighted by molar-refractivity contribution is 0.0720. The molecule has 0 saturated heterocycles. The molecule has 0 N–H and O–H groups in total. The Morgan fingerprint density at radius 1 is 0.369 bits per heavy atom. The summed E-state index contributed by atoms with van der Waals surface area (Å²) in [6.07, 6.45) is 14.2. The second kappa shape index (κ2) is 24.8. The van der Waals surface area contributed by atoms with Gasteiger partial charge in [-0.2, -0.15) is 0 Å². The highest BCUT2D eigenvalue weighted by Gasteiger charge is 2.17. The van der Waals surface area contributed by atoms with Crippen molar-refractivity contribution in [3.63, 3.8) is 0 Å². The lowest BCUT2D eigenvalue weighted by Gasteiger charge is -2.12. The average Bonchev–Trinajstić information content (AvgIpc) is 3.32. The van der Waals surface area contributed by atoms with Crippen LogP contribution in [-0.4, -0.2) is 37.1 Å². The van der Waals surface area contributed by atoms with Crippen molar-refractivity contribution < 1.29 is 47.6 Å². The number of benzene rings is 6. The summed E-state index contributed by atoms with van der Waals surface area (Å²) in [4.78, 5) is 52.0. The summed E-state index contributed by atoms with van der Waals surface area (Å²) in [7, 11) is 0. The van der Waals surface area contributed by atoms with E-state index in [-0.39, 0.29) is 22.6 Å². The predicted octanol–water partition coefficient (Wildman–Crippen LogP) is 13.5. The van der Waals surface area contributed by atoms with Crippen LogP contribution in [0.5, 0.6) is 34.5 Å². The Morgan fingerprint density at radius 3 is 1.14 bits per heavy atom. The molecule has 0 saturated carbocycles. The fourth-order valence-corrected chi connectivity index (χ4v) is 7.10. The molecule has 6 aromatic carbocycles. The number of esters is 4. The molecule has 0 aliphatic heterocycles. The third-order valence-corrected chi connectivity index (χ3v) is 10.9. The minimum Gasteiger partial charge on any atom is -0.494 e. The van der Waals surface area contributed by atoms with E-state index in [4.69, 9.17) is 28.4 Å². The van der Waals surface area contributed by atoms with Gasteiger partial charge in [0.15, 0.2) is 0 Å². The minimum absolute atomic E-state index is 0.259. The number of ether oxygens (including phenoxy) is 6. The lowest BCUT2D eigenvalue weighted by Crippen LogP contribution is -2.11. The second-order valence-electron chi connectivity index (χ2n) is 16.0. The second-order valence-corrected chi connectivity index (χ2v) is 16.0. The van der Waals surface area contributed by atoms with Crippen LogP contribution >= 0.6 is 0 Å². The van der Waals surface area contributed by atoms with Gasteiger partial charge in [0.05, 0.1) is 35.5 Å². The van der Waals surface area contributed by atoms with Crippen LogP contribution in [0.1, 0.15) is 138 Å². The number of fused-ring (bicyclic) bond motifs is 1. The van der Waals surface area contributed by atoms with Gasteiger partial charge in [-0.1, -0.05) is 90.2 Å². The van der Waals surface area contributed by atoms with E-state index in [9.17, 15) is 19.2 Å². The molecule has 0 unspecified atom stereocenters. The molecule has 0 spiro atoms. The topological polar surface area (TPSA) is 124 Å². The van der Waals surface area contributed by atoms with Crippen molar-refractivity contribution in [1.29, 1.82) is 0 Å². The van der Waals surface area contributed by atoms with Gasteiger partial charge in [0.1, 0.15) is 34.5 Å². The van der Waals surface area contributed by atoms with Crippen molar-refractivity contribution in [2.75, 3.05) is 13.2 Å². The molecule has 10 nitrogen and oxygen atoms in total.